The topological polar surface area (TPSA) is 87.6 Å². The summed E-state index contributed by atoms with van der Waals surface area (Å²) in [5.41, 5.74) is 2.36. The molecule has 2 aromatic carbocycles. The number of rotatable bonds is 3. The van der Waals surface area contributed by atoms with E-state index >= 15 is 0 Å². The lowest BCUT2D eigenvalue weighted by Gasteiger charge is -2.19. The molecule has 0 unspecified atom stereocenters. The molecule has 0 aliphatic carbocycles. The number of amides is 1. The summed E-state index contributed by atoms with van der Waals surface area (Å²) in [6.07, 6.45) is 0. The average Bonchev–Trinajstić information content (AvgIpc) is 2.85. The number of carbonyl (C=O) groups excluding carboxylic acids is 1. The van der Waals surface area contributed by atoms with Crippen molar-refractivity contribution in [1.29, 1.82) is 0 Å². The van der Waals surface area contributed by atoms with Crippen molar-refractivity contribution in [3.63, 3.8) is 0 Å². The second-order valence-corrected chi connectivity index (χ2v) is 9.22. The van der Waals surface area contributed by atoms with Crippen LogP contribution in [0.15, 0.2) is 58.4 Å². The van der Waals surface area contributed by atoms with Crippen LogP contribution in [-0.2, 0) is 20.2 Å². The molecule has 0 fully saturated rings. The second-order valence-electron chi connectivity index (χ2n) is 7.57. The normalized spacial score (nSPS) is 17.9. The Morgan fingerprint density at radius 3 is 2.33 bits per heavy atom. The molecule has 0 bridgehead atoms. The predicted molar refractivity (Wildman–Crippen MR) is 107 cm³/mol. The van der Waals surface area contributed by atoms with Gasteiger partial charge in [0.1, 0.15) is 11.9 Å². The third-order valence-electron chi connectivity index (χ3n) is 4.38. The standard InChI is InChI=1S/C20H23N3O3S/c1-13(19(24)22-15-11-9-14(10-12-15)20(2,3)4)21-18-16-7-5-6-8-17(16)27(25,26)23-18/h5-13H,1-4H3,(H,21,23)(H,22,24)/t13-/m0/s1. The highest BCUT2D eigenvalue weighted by molar-refractivity contribution is 7.90. The highest BCUT2D eigenvalue weighted by atomic mass is 32.2. The van der Waals surface area contributed by atoms with E-state index in [1.165, 1.54) is 11.6 Å². The Hall–Kier alpha value is -2.67. The van der Waals surface area contributed by atoms with E-state index in [2.05, 4.69) is 35.8 Å². The Labute approximate surface area is 159 Å². The molecule has 0 saturated carbocycles. The van der Waals surface area contributed by atoms with Crippen molar-refractivity contribution < 1.29 is 13.2 Å². The van der Waals surface area contributed by atoms with Gasteiger partial charge < -0.3 is 5.32 Å². The molecule has 1 amide bonds. The first-order valence-corrected chi connectivity index (χ1v) is 10.2. The van der Waals surface area contributed by atoms with Crippen LogP contribution < -0.4 is 10.0 Å². The highest BCUT2D eigenvalue weighted by Gasteiger charge is 2.31. The van der Waals surface area contributed by atoms with Crippen LogP contribution in [0.2, 0.25) is 0 Å². The van der Waals surface area contributed by atoms with Gasteiger partial charge in [-0.3, -0.25) is 14.5 Å². The third-order valence-corrected chi connectivity index (χ3v) is 5.78. The zero-order valence-corrected chi connectivity index (χ0v) is 16.6. The Morgan fingerprint density at radius 1 is 1.07 bits per heavy atom. The molecule has 0 spiro atoms. The summed E-state index contributed by atoms with van der Waals surface area (Å²) in [6, 6.07) is 13.5. The molecule has 2 aromatic rings. The van der Waals surface area contributed by atoms with Crippen LogP contribution in [0.4, 0.5) is 5.69 Å². The molecule has 7 heteroatoms. The van der Waals surface area contributed by atoms with Crippen molar-refractivity contribution in [3.8, 4) is 0 Å². The maximum atomic E-state index is 12.5. The highest BCUT2D eigenvalue weighted by Crippen LogP contribution is 2.24. The number of aliphatic imine (C=N–C) groups is 1. The molecule has 1 atom stereocenters. The van der Waals surface area contributed by atoms with Crippen molar-refractivity contribution >= 4 is 27.5 Å². The molecule has 142 valence electrons. The molecule has 3 rings (SSSR count). The Kier molecular flexibility index (Phi) is 4.82. The fourth-order valence-electron chi connectivity index (χ4n) is 2.78. The molecule has 0 saturated heterocycles. The first-order valence-electron chi connectivity index (χ1n) is 8.69. The second kappa shape index (κ2) is 6.81. The Bertz CT molecular complexity index is 1000. The summed E-state index contributed by atoms with van der Waals surface area (Å²) in [5, 5.41) is 2.82. The molecule has 1 aliphatic rings. The number of anilines is 1. The minimum absolute atomic E-state index is 0.0365. The summed E-state index contributed by atoms with van der Waals surface area (Å²) in [5.74, 6) is -0.120. The fourth-order valence-corrected chi connectivity index (χ4v) is 4.02. The largest absolute Gasteiger partial charge is 0.324 e. The van der Waals surface area contributed by atoms with Crippen LogP contribution in [-0.4, -0.2) is 26.2 Å². The number of fused-ring (bicyclic) bond motifs is 1. The summed E-state index contributed by atoms with van der Waals surface area (Å²) < 4.78 is 26.7. The van der Waals surface area contributed by atoms with Gasteiger partial charge in [-0.25, -0.2) is 8.42 Å². The molecule has 0 aromatic heterocycles. The number of amidine groups is 1. The number of hydrogen-bond donors (Lipinski definition) is 2. The van der Waals surface area contributed by atoms with Crippen LogP contribution >= 0.6 is 0 Å². The lowest BCUT2D eigenvalue weighted by Crippen LogP contribution is -2.28. The van der Waals surface area contributed by atoms with E-state index in [9.17, 15) is 13.2 Å². The zero-order chi connectivity index (χ0) is 19.8. The van der Waals surface area contributed by atoms with E-state index in [1.807, 2.05) is 24.3 Å². The van der Waals surface area contributed by atoms with Crippen molar-refractivity contribution in [2.45, 2.75) is 44.0 Å². The van der Waals surface area contributed by atoms with Crippen molar-refractivity contribution in [3.05, 3.63) is 59.7 Å². The molecule has 2 N–H and O–H groups in total. The number of nitrogens with zero attached hydrogens (tertiary/aromatic N) is 1. The average molecular weight is 385 g/mol. The maximum Gasteiger partial charge on any atom is 0.263 e. The van der Waals surface area contributed by atoms with Gasteiger partial charge in [-0.2, -0.15) is 0 Å². The fraction of sp³-hybridized carbons (Fsp3) is 0.300. The molecule has 0 radical (unpaired) electrons. The summed E-state index contributed by atoms with van der Waals surface area (Å²) >= 11 is 0. The molecule has 1 heterocycles. The van der Waals surface area contributed by atoms with Gasteiger partial charge in [0, 0.05) is 11.3 Å². The molecule has 1 aliphatic heterocycles. The van der Waals surface area contributed by atoms with E-state index in [0.717, 1.165) is 0 Å². The number of nitrogens with one attached hydrogen (secondary N) is 2. The van der Waals surface area contributed by atoms with Gasteiger partial charge in [-0.05, 0) is 42.2 Å². The number of hydrogen-bond acceptors (Lipinski definition) is 4. The quantitative estimate of drug-likeness (QED) is 0.851. The van der Waals surface area contributed by atoms with Crippen LogP contribution in [0.1, 0.15) is 38.8 Å². The van der Waals surface area contributed by atoms with Gasteiger partial charge in [0.15, 0.2) is 0 Å². The van der Waals surface area contributed by atoms with E-state index in [4.69, 9.17) is 0 Å². The summed E-state index contributed by atoms with van der Waals surface area (Å²) in [4.78, 5) is 16.9. The smallest absolute Gasteiger partial charge is 0.263 e. The van der Waals surface area contributed by atoms with E-state index in [1.54, 1.807) is 25.1 Å². The van der Waals surface area contributed by atoms with Crippen molar-refractivity contribution in [2.75, 3.05) is 5.32 Å². The van der Waals surface area contributed by atoms with Gasteiger partial charge in [0.2, 0.25) is 5.91 Å². The number of carbonyl (C=O) groups is 1. The lowest BCUT2D eigenvalue weighted by atomic mass is 9.87. The van der Waals surface area contributed by atoms with Gasteiger partial charge in [-0.15, -0.1) is 0 Å². The first-order chi connectivity index (χ1) is 12.6. The minimum atomic E-state index is -3.62. The van der Waals surface area contributed by atoms with Crippen LogP contribution in [0.25, 0.3) is 0 Å². The van der Waals surface area contributed by atoms with Crippen molar-refractivity contribution in [1.82, 2.24) is 4.72 Å². The molecule has 27 heavy (non-hydrogen) atoms. The van der Waals surface area contributed by atoms with Gasteiger partial charge >= 0.3 is 0 Å². The number of benzene rings is 2. The monoisotopic (exact) mass is 385 g/mol. The zero-order valence-electron chi connectivity index (χ0n) is 15.8. The minimum Gasteiger partial charge on any atom is -0.324 e. The summed E-state index contributed by atoms with van der Waals surface area (Å²) in [7, 11) is -3.62. The van der Waals surface area contributed by atoms with E-state index < -0.39 is 16.1 Å². The predicted octanol–water partition coefficient (Wildman–Crippen LogP) is 3.05. The SMILES string of the molecule is C[C@H](N=C1NS(=O)(=O)c2ccccc21)C(=O)Nc1ccc(C(C)(C)C)cc1. The maximum absolute atomic E-state index is 12.5. The lowest BCUT2D eigenvalue weighted by molar-refractivity contribution is -0.117. The molecular weight excluding hydrogens is 362 g/mol. The summed E-state index contributed by atoms with van der Waals surface area (Å²) in [6.45, 7) is 8.00. The Balaban J connectivity index is 1.76. The van der Waals surface area contributed by atoms with Gasteiger partial charge in [0.05, 0.1) is 4.90 Å². The van der Waals surface area contributed by atoms with E-state index in [-0.39, 0.29) is 22.1 Å². The first kappa shape index (κ1) is 19.1. The van der Waals surface area contributed by atoms with Gasteiger partial charge in [0.25, 0.3) is 10.0 Å². The van der Waals surface area contributed by atoms with E-state index in [0.29, 0.717) is 11.3 Å². The van der Waals surface area contributed by atoms with Crippen molar-refractivity contribution in [2.24, 2.45) is 4.99 Å². The van der Waals surface area contributed by atoms with Crippen LogP contribution in [0.3, 0.4) is 0 Å². The number of sulfonamides is 1. The van der Waals surface area contributed by atoms with Crippen LogP contribution in [0.5, 0.6) is 0 Å². The van der Waals surface area contributed by atoms with Crippen LogP contribution in [0, 0.1) is 0 Å². The third kappa shape index (κ3) is 4.03. The Morgan fingerprint density at radius 2 is 1.70 bits per heavy atom. The molecular formula is C20H23N3O3S. The van der Waals surface area contributed by atoms with Gasteiger partial charge in [-0.1, -0.05) is 45.0 Å². The molecule has 6 nitrogen and oxygen atoms in total.